The fourth-order valence-electron chi connectivity index (χ4n) is 2.28. The van der Waals surface area contributed by atoms with Crippen LogP contribution in [0.4, 0.5) is 5.82 Å². The zero-order valence-electron chi connectivity index (χ0n) is 12.1. The molecule has 2 aromatic rings. The largest absolute Gasteiger partial charge is 0.395 e. The van der Waals surface area contributed by atoms with Crippen LogP contribution in [0.5, 0.6) is 0 Å². The minimum atomic E-state index is 0.198. The second-order valence-electron chi connectivity index (χ2n) is 4.78. The van der Waals surface area contributed by atoms with Crippen molar-refractivity contribution in [1.82, 2.24) is 14.9 Å². The molecule has 1 aromatic carbocycles. The molecule has 0 bridgehead atoms. The van der Waals surface area contributed by atoms with Crippen LogP contribution < -0.4 is 5.32 Å². The van der Waals surface area contributed by atoms with Crippen molar-refractivity contribution in [2.45, 2.75) is 13.8 Å². The molecule has 0 aliphatic carbocycles. The smallest absolute Gasteiger partial charge is 0.137 e. The van der Waals surface area contributed by atoms with E-state index in [0.29, 0.717) is 6.54 Å². The van der Waals surface area contributed by atoms with E-state index in [1.54, 1.807) is 6.33 Å². The molecule has 0 unspecified atom stereocenters. The number of para-hydroxylation sites is 1. The Kier molecular flexibility index (Phi) is 5.26. The average Bonchev–Trinajstić information content (AvgIpc) is 2.47. The van der Waals surface area contributed by atoms with Gasteiger partial charge in [-0.1, -0.05) is 19.1 Å². The number of hydrogen-bond acceptors (Lipinski definition) is 5. The summed E-state index contributed by atoms with van der Waals surface area (Å²) in [4.78, 5) is 10.9. The number of hydrogen-bond donors (Lipinski definition) is 2. The van der Waals surface area contributed by atoms with Crippen LogP contribution in [0.1, 0.15) is 12.5 Å². The van der Waals surface area contributed by atoms with Gasteiger partial charge in [-0.05, 0) is 25.1 Å². The second kappa shape index (κ2) is 7.17. The number of aromatic nitrogens is 2. The van der Waals surface area contributed by atoms with Gasteiger partial charge in [0, 0.05) is 25.0 Å². The second-order valence-corrected chi connectivity index (χ2v) is 4.78. The van der Waals surface area contributed by atoms with Crippen LogP contribution in [-0.2, 0) is 0 Å². The molecule has 20 heavy (non-hydrogen) atoms. The number of nitrogens with zero attached hydrogens (tertiary/aromatic N) is 3. The van der Waals surface area contributed by atoms with Gasteiger partial charge in [0.15, 0.2) is 0 Å². The predicted molar refractivity (Wildman–Crippen MR) is 82.0 cm³/mol. The van der Waals surface area contributed by atoms with Crippen LogP contribution in [0.15, 0.2) is 24.5 Å². The molecule has 2 N–H and O–H groups in total. The minimum Gasteiger partial charge on any atom is -0.395 e. The van der Waals surface area contributed by atoms with Gasteiger partial charge in [-0.2, -0.15) is 0 Å². The van der Waals surface area contributed by atoms with E-state index < -0.39 is 0 Å². The maximum Gasteiger partial charge on any atom is 0.137 e. The zero-order chi connectivity index (χ0) is 14.4. The molecule has 0 radical (unpaired) electrons. The number of fused-ring (bicyclic) bond motifs is 1. The number of aryl methyl sites for hydroxylation is 1. The highest BCUT2D eigenvalue weighted by molar-refractivity contribution is 5.90. The molecule has 1 aromatic heterocycles. The lowest BCUT2D eigenvalue weighted by molar-refractivity contribution is 0.206. The fraction of sp³-hybridized carbons (Fsp3) is 0.467. The van der Waals surface area contributed by atoms with Gasteiger partial charge in [0.2, 0.25) is 0 Å². The van der Waals surface area contributed by atoms with Gasteiger partial charge in [-0.25, -0.2) is 9.97 Å². The van der Waals surface area contributed by atoms with Gasteiger partial charge < -0.3 is 10.4 Å². The molecule has 1 heterocycles. The van der Waals surface area contributed by atoms with Gasteiger partial charge in [0.25, 0.3) is 0 Å². The van der Waals surface area contributed by atoms with E-state index in [-0.39, 0.29) is 6.61 Å². The Balaban J connectivity index is 2.05. The monoisotopic (exact) mass is 274 g/mol. The fourth-order valence-corrected chi connectivity index (χ4v) is 2.28. The summed E-state index contributed by atoms with van der Waals surface area (Å²) in [5.41, 5.74) is 2.15. The number of aliphatic hydroxyl groups is 1. The number of nitrogens with one attached hydrogen (secondary N) is 1. The van der Waals surface area contributed by atoms with Crippen LogP contribution in [0.3, 0.4) is 0 Å². The van der Waals surface area contributed by atoms with Crippen molar-refractivity contribution in [2.75, 3.05) is 38.1 Å². The average molecular weight is 274 g/mol. The normalized spacial score (nSPS) is 11.2. The summed E-state index contributed by atoms with van der Waals surface area (Å²) < 4.78 is 0. The molecule has 108 valence electrons. The SMILES string of the molecule is CCN(CCO)CCNc1ncnc2c(C)cccc12. The van der Waals surface area contributed by atoms with E-state index in [1.807, 2.05) is 12.1 Å². The first kappa shape index (κ1) is 14.7. The third kappa shape index (κ3) is 3.43. The van der Waals surface area contributed by atoms with Crippen molar-refractivity contribution in [2.24, 2.45) is 0 Å². The van der Waals surface area contributed by atoms with E-state index in [4.69, 9.17) is 5.11 Å². The van der Waals surface area contributed by atoms with Gasteiger partial charge in [0.1, 0.15) is 12.1 Å². The van der Waals surface area contributed by atoms with E-state index in [9.17, 15) is 0 Å². The van der Waals surface area contributed by atoms with E-state index in [0.717, 1.165) is 41.9 Å². The van der Waals surface area contributed by atoms with Gasteiger partial charge in [-0.15, -0.1) is 0 Å². The Morgan fingerprint density at radius 1 is 1.25 bits per heavy atom. The molecule has 0 saturated heterocycles. The molecule has 0 atom stereocenters. The first-order valence-electron chi connectivity index (χ1n) is 7.03. The molecule has 5 heteroatoms. The first-order chi connectivity index (χ1) is 9.76. The Labute approximate surface area is 119 Å². The third-order valence-corrected chi connectivity index (χ3v) is 3.45. The Bertz CT molecular complexity index is 559. The van der Waals surface area contributed by atoms with Crippen LogP contribution in [0.25, 0.3) is 10.9 Å². The lowest BCUT2D eigenvalue weighted by atomic mass is 10.1. The first-order valence-corrected chi connectivity index (χ1v) is 7.03. The van der Waals surface area contributed by atoms with Crippen LogP contribution >= 0.6 is 0 Å². The number of anilines is 1. The van der Waals surface area contributed by atoms with E-state index in [1.165, 1.54) is 0 Å². The quantitative estimate of drug-likeness (QED) is 0.804. The summed E-state index contributed by atoms with van der Waals surface area (Å²) in [6.07, 6.45) is 1.60. The van der Waals surface area contributed by atoms with E-state index in [2.05, 4.69) is 40.1 Å². The van der Waals surface area contributed by atoms with Crippen LogP contribution in [0, 0.1) is 6.92 Å². The van der Waals surface area contributed by atoms with Crippen molar-refractivity contribution < 1.29 is 5.11 Å². The summed E-state index contributed by atoms with van der Waals surface area (Å²) in [5.74, 6) is 0.874. The zero-order valence-corrected chi connectivity index (χ0v) is 12.1. The maximum atomic E-state index is 8.97. The summed E-state index contributed by atoms with van der Waals surface area (Å²) >= 11 is 0. The van der Waals surface area contributed by atoms with Crippen molar-refractivity contribution >= 4 is 16.7 Å². The van der Waals surface area contributed by atoms with Crippen LogP contribution in [-0.4, -0.2) is 52.8 Å². The molecule has 0 fully saturated rings. The van der Waals surface area contributed by atoms with Gasteiger partial charge >= 0.3 is 0 Å². The van der Waals surface area contributed by atoms with Crippen molar-refractivity contribution in [3.63, 3.8) is 0 Å². The highest BCUT2D eigenvalue weighted by Gasteiger charge is 2.06. The summed E-state index contributed by atoms with van der Waals surface area (Å²) in [7, 11) is 0. The Morgan fingerprint density at radius 3 is 2.85 bits per heavy atom. The van der Waals surface area contributed by atoms with Crippen molar-refractivity contribution in [1.29, 1.82) is 0 Å². The maximum absolute atomic E-state index is 8.97. The topological polar surface area (TPSA) is 61.3 Å². The van der Waals surface area contributed by atoms with Crippen molar-refractivity contribution in [3.05, 3.63) is 30.1 Å². The molecule has 0 aliphatic heterocycles. The Morgan fingerprint density at radius 2 is 2.10 bits per heavy atom. The van der Waals surface area contributed by atoms with Crippen molar-refractivity contribution in [3.8, 4) is 0 Å². The molecule has 0 amide bonds. The molecular formula is C15H22N4O. The number of rotatable bonds is 7. The predicted octanol–water partition coefficient (Wildman–Crippen LogP) is 1.66. The highest BCUT2D eigenvalue weighted by atomic mass is 16.3. The van der Waals surface area contributed by atoms with E-state index >= 15 is 0 Å². The number of likely N-dealkylation sites (N-methyl/N-ethyl adjacent to an activating group) is 1. The molecular weight excluding hydrogens is 252 g/mol. The lowest BCUT2D eigenvalue weighted by Gasteiger charge is -2.19. The summed E-state index contributed by atoms with van der Waals surface area (Å²) in [6.45, 7) is 7.68. The van der Waals surface area contributed by atoms with Gasteiger partial charge in [0.05, 0.1) is 12.1 Å². The molecule has 5 nitrogen and oxygen atoms in total. The standard InChI is InChI=1S/C15H22N4O/c1-3-19(9-10-20)8-7-16-15-13-6-4-5-12(2)14(13)17-11-18-15/h4-6,11,20H,3,7-10H2,1-2H3,(H,16,17,18). The molecule has 2 rings (SSSR count). The highest BCUT2D eigenvalue weighted by Crippen LogP contribution is 2.21. The summed E-state index contributed by atoms with van der Waals surface area (Å²) in [6, 6.07) is 6.12. The van der Waals surface area contributed by atoms with Crippen LogP contribution in [0.2, 0.25) is 0 Å². The minimum absolute atomic E-state index is 0.198. The summed E-state index contributed by atoms with van der Waals surface area (Å²) in [5, 5.41) is 13.4. The van der Waals surface area contributed by atoms with Gasteiger partial charge in [-0.3, -0.25) is 4.90 Å². The lowest BCUT2D eigenvalue weighted by Crippen LogP contribution is -2.31. The molecule has 0 aliphatic rings. The third-order valence-electron chi connectivity index (χ3n) is 3.45. The Hall–Kier alpha value is -1.72. The number of aliphatic hydroxyl groups excluding tert-OH is 1. The number of benzene rings is 1. The molecule has 0 saturated carbocycles. The molecule has 0 spiro atoms.